The van der Waals surface area contributed by atoms with Crippen molar-refractivity contribution >= 4 is 12.6 Å². The normalized spacial score (nSPS) is 12.0. The Morgan fingerprint density at radius 1 is 1.50 bits per heavy atom. The van der Waals surface area contributed by atoms with Crippen LogP contribution in [0.15, 0.2) is 12.3 Å². The van der Waals surface area contributed by atoms with E-state index in [1.165, 1.54) is 10.9 Å². The third-order valence-electron chi connectivity index (χ3n) is 1.26. The van der Waals surface area contributed by atoms with E-state index in [9.17, 15) is 13.2 Å². The van der Waals surface area contributed by atoms with Crippen molar-refractivity contribution in [2.45, 2.75) is 12.7 Å². The van der Waals surface area contributed by atoms with E-state index in [0.29, 0.717) is 12.3 Å². The molecule has 0 aliphatic carbocycles. The number of hydrogen-bond acceptors (Lipinski definition) is 2. The molecule has 1 aromatic rings. The first kappa shape index (κ1) is 9.44. The van der Waals surface area contributed by atoms with Crippen molar-refractivity contribution in [1.29, 1.82) is 0 Å². The minimum absolute atomic E-state index is 0.388. The van der Waals surface area contributed by atoms with Gasteiger partial charge in [0.05, 0.1) is 0 Å². The van der Waals surface area contributed by atoms with Gasteiger partial charge in [-0.2, -0.15) is 30.9 Å². The van der Waals surface area contributed by atoms with Gasteiger partial charge in [-0.05, 0) is 6.07 Å². The van der Waals surface area contributed by atoms with Gasteiger partial charge < -0.3 is 0 Å². The summed E-state index contributed by atoms with van der Waals surface area (Å²) in [4.78, 5) is 0. The molecule has 12 heavy (non-hydrogen) atoms. The zero-order valence-electron chi connectivity index (χ0n) is 6.04. The van der Waals surface area contributed by atoms with Gasteiger partial charge in [0.1, 0.15) is 0 Å². The van der Waals surface area contributed by atoms with Gasteiger partial charge in [-0.15, -0.1) is 0 Å². The van der Waals surface area contributed by atoms with E-state index in [1.54, 1.807) is 0 Å². The lowest BCUT2D eigenvalue weighted by Gasteiger charge is -2.00. The summed E-state index contributed by atoms with van der Waals surface area (Å²) in [5.74, 6) is 0.471. The van der Waals surface area contributed by atoms with Gasteiger partial charge in [-0.25, -0.2) is 0 Å². The standard InChI is InChI=1S/C6H7F3N2S/c7-6(8,9)5-1-2-11(10-5)3-4-12/h1-2,12H,3-4H2. The summed E-state index contributed by atoms with van der Waals surface area (Å²) in [6.07, 6.45) is -3.05. The smallest absolute Gasteiger partial charge is 0.271 e. The fraction of sp³-hybridized carbons (Fsp3) is 0.500. The van der Waals surface area contributed by atoms with Gasteiger partial charge in [0.15, 0.2) is 5.69 Å². The molecular formula is C6H7F3N2S. The van der Waals surface area contributed by atoms with Crippen LogP contribution < -0.4 is 0 Å². The molecule has 1 aromatic heterocycles. The van der Waals surface area contributed by atoms with Crippen LogP contribution in [0.3, 0.4) is 0 Å². The van der Waals surface area contributed by atoms with Crippen molar-refractivity contribution in [2.24, 2.45) is 0 Å². The maximum atomic E-state index is 11.9. The molecule has 0 aromatic carbocycles. The average molecular weight is 196 g/mol. The van der Waals surface area contributed by atoms with Gasteiger partial charge in [-0.1, -0.05) is 0 Å². The van der Waals surface area contributed by atoms with Crippen molar-refractivity contribution in [3.63, 3.8) is 0 Å². The largest absolute Gasteiger partial charge is 0.435 e. The third kappa shape index (κ3) is 2.17. The SMILES string of the molecule is FC(F)(F)c1ccn(CCS)n1. The first-order valence-electron chi connectivity index (χ1n) is 3.25. The summed E-state index contributed by atoms with van der Waals surface area (Å²) >= 11 is 3.87. The summed E-state index contributed by atoms with van der Waals surface area (Å²) < 4.78 is 37.1. The quantitative estimate of drug-likeness (QED) is 0.714. The average Bonchev–Trinajstić information content (AvgIpc) is 2.35. The Labute approximate surface area is 72.8 Å². The maximum Gasteiger partial charge on any atom is 0.435 e. The monoisotopic (exact) mass is 196 g/mol. The Bertz CT molecular complexity index is 256. The molecule has 68 valence electrons. The van der Waals surface area contributed by atoms with Crippen LogP contribution in [0.4, 0.5) is 13.2 Å². The minimum atomic E-state index is -4.35. The molecular weight excluding hydrogens is 189 g/mol. The number of thiol groups is 1. The van der Waals surface area contributed by atoms with E-state index in [0.717, 1.165) is 6.07 Å². The minimum Gasteiger partial charge on any atom is -0.271 e. The third-order valence-corrected chi connectivity index (χ3v) is 1.46. The summed E-state index contributed by atoms with van der Waals surface area (Å²) in [6.45, 7) is 0.388. The second-order valence-electron chi connectivity index (χ2n) is 2.19. The Morgan fingerprint density at radius 2 is 2.17 bits per heavy atom. The molecule has 0 bridgehead atoms. The van der Waals surface area contributed by atoms with Crippen LogP contribution in [-0.2, 0) is 12.7 Å². The zero-order chi connectivity index (χ0) is 9.19. The number of nitrogens with zero attached hydrogens (tertiary/aromatic N) is 2. The van der Waals surface area contributed by atoms with E-state index < -0.39 is 11.9 Å². The lowest BCUT2D eigenvalue weighted by molar-refractivity contribution is -0.141. The van der Waals surface area contributed by atoms with E-state index in [2.05, 4.69) is 17.7 Å². The maximum absolute atomic E-state index is 11.9. The molecule has 0 atom stereocenters. The van der Waals surface area contributed by atoms with Crippen LogP contribution in [0.5, 0.6) is 0 Å². The number of aromatic nitrogens is 2. The molecule has 2 nitrogen and oxygen atoms in total. The van der Waals surface area contributed by atoms with E-state index in [4.69, 9.17) is 0 Å². The molecule has 0 saturated carbocycles. The molecule has 6 heteroatoms. The highest BCUT2D eigenvalue weighted by Gasteiger charge is 2.33. The first-order valence-corrected chi connectivity index (χ1v) is 3.89. The van der Waals surface area contributed by atoms with Crippen molar-refractivity contribution < 1.29 is 13.2 Å². The lowest BCUT2D eigenvalue weighted by atomic mass is 10.4. The van der Waals surface area contributed by atoms with Crippen LogP contribution in [0.2, 0.25) is 0 Å². The Hall–Kier alpha value is -0.650. The summed E-state index contributed by atoms with van der Waals surface area (Å²) in [5.41, 5.74) is -0.857. The second kappa shape index (κ2) is 3.38. The van der Waals surface area contributed by atoms with Crippen LogP contribution in [0, 0.1) is 0 Å². The number of aryl methyl sites for hydroxylation is 1. The molecule has 0 fully saturated rings. The molecule has 1 heterocycles. The van der Waals surface area contributed by atoms with Gasteiger partial charge in [0, 0.05) is 18.5 Å². The van der Waals surface area contributed by atoms with Crippen molar-refractivity contribution in [3.05, 3.63) is 18.0 Å². The van der Waals surface area contributed by atoms with Crippen molar-refractivity contribution in [1.82, 2.24) is 9.78 Å². The predicted octanol–water partition coefficient (Wildman–Crippen LogP) is 1.83. The highest BCUT2D eigenvalue weighted by Crippen LogP contribution is 2.27. The fourth-order valence-corrected chi connectivity index (χ4v) is 0.945. The molecule has 0 aliphatic heterocycles. The fourth-order valence-electron chi connectivity index (χ4n) is 0.740. The van der Waals surface area contributed by atoms with E-state index in [1.807, 2.05) is 0 Å². The van der Waals surface area contributed by atoms with Gasteiger partial charge in [-0.3, -0.25) is 4.68 Å². The van der Waals surface area contributed by atoms with Gasteiger partial charge in [0.2, 0.25) is 0 Å². The second-order valence-corrected chi connectivity index (χ2v) is 2.63. The highest BCUT2D eigenvalue weighted by atomic mass is 32.1. The van der Waals surface area contributed by atoms with Gasteiger partial charge in [0.25, 0.3) is 0 Å². The Kier molecular flexibility index (Phi) is 2.66. The number of alkyl halides is 3. The summed E-state index contributed by atoms with van der Waals surface area (Å²) in [7, 11) is 0. The van der Waals surface area contributed by atoms with Crippen molar-refractivity contribution in [2.75, 3.05) is 5.75 Å². The lowest BCUT2D eigenvalue weighted by Crippen LogP contribution is -2.08. The van der Waals surface area contributed by atoms with Crippen molar-refractivity contribution in [3.8, 4) is 0 Å². The molecule has 0 spiro atoms. The van der Waals surface area contributed by atoms with E-state index >= 15 is 0 Å². The summed E-state index contributed by atoms with van der Waals surface area (Å²) in [5, 5.41) is 3.31. The van der Waals surface area contributed by atoms with Crippen LogP contribution in [-0.4, -0.2) is 15.5 Å². The van der Waals surface area contributed by atoms with Gasteiger partial charge >= 0.3 is 6.18 Å². The zero-order valence-corrected chi connectivity index (χ0v) is 6.94. The Balaban J connectivity index is 2.77. The molecule has 1 rings (SSSR count). The number of halogens is 3. The predicted molar refractivity (Wildman–Crippen MR) is 41.1 cm³/mol. The number of hydrogen-bond donors (Lipinski definition) is 1. The van der Waals surface area contributed by atoms with Crippen LogP contribution in [0.25, 0.3) is 0 Å². The van der Waals surface area contributed by atoms with Crippen LogP contribution in [0.1, 0.15) is 5.69 Å². The number of rotatable bonds is 2. The molecule has 0 amide bonds. The Morgan fingerprint density at radius 3 is 2.58 bits per heavy atom. The summed E-state index contributed by atoms with van der Waals surface area (Å²) in [6, 6.07) is 0.948. The highest BCUT2D eigenvalue weighted by molar-refractivity contribution is 7.80. The molecule has 0 aliphatic rings. The molecule has 0 unspecified atom stereocenters. The molecule has 0 radical (unpaired) electrons. The first-order chi connectivity index (χ1) is 5.54. The molecule has 0 saturated heterocycles. The molecule has 0 N–H and O–H groups in total. The van der Waals surface area contributed by atoms with E-state index in [-0.39, 0.29) is 0 Å². The van der Waals surface area contributed by atoms with Crippen LogP contribution >= 0.6 is 12.6 Å². The topological polar surface area (TPSA) is 17.8 Å².